The summed E-state index contributed by atoms with van der Waals surface area (Å²) in [5.41, 5.74) is 6.52. The van der Waals surface area contributed by atoms with Crippen molar-refractivity contribution >= 4 is 33.4 Å². The zero-order valence-corrected chi connectivity index (χ0v) is 17.4. The Hall–Kier alpha value is -2.72. The van der Waals surface area contributed by atoms with Crippen molar-refractivity contribution in [3.05, 3.63) is 99.0 Å². The van der Waals surface area contributed by atoms with Crippen LogP contribution < -0.4 is 4.90 Å². The van der Waals surface area contributed by atoms with E-state index in [1.807, 2.05) is 49.4 Å². The normalized spacial score (nSPS) is 26.3. The second-order valence-electron chi connectivity index (χ2n) is 8.21. The van der Waals surface area contributed by atoms with Gasteiger partial charge in [0.25, 0.3) is 0 Å². The first kappa shape index (κ1) is 17.2. The highest BCUT2D eigenvalue weighted by molar-refractivity contribution is 9.10. The summed E-state index contributed by atoms with van der Waals surface area (Å²) < 4.78 is 0.903. The smallest absolute Gasteiger partial charge is 0.238 e. The lowest BCUT2D eigenvalue weighted by atomic mass is 9.55. The number of hydrogen-bond donors (Lipinski definition) is 0. The quantitative estimate of drug-likeness (QED) is 0.487. The molecule has 29 heavy (non-hydrogen) atoms. The molecule has 0 radical (unpaired) electrons. The number of hydrogen-bond acceptors (Lipinski definition) is 2. The number of anilines is 1. The number of aryl methyl sites for hydroxylation is 1. The van der Waals surface area contributed by atoms with Crippen molar-refractivity contribution in [2.45, 2.75) is 18.8 Å². The minimum Gasteiger partial charge on any atom is -0.274 e. The number of imide groups is 1. The van der Waals surface area contributed by atoms with Crippen LogP contribution in [-0.4, -0.2) is 11.8 Å². The largest absolute Gasteiger partial charge is 0.274 e. The first-order valence-electron chi connectivity index (χ1n) is 9.89. The van der Waals surface area contributed by atoms with Crippen molar-refractivity contribution in [3.8, 4) is 0 Å². The van der Waals surface area contributed by atoms with E-state index in [2.05, 4.69) is 40.2 Å². The van der Waals surface area contributed by atoms with Crippen LogP contribution in [0.5, 0.6) is 0 Å². The molecule has 3 nitrogen and oxygen atoms in total. The number of rotatable bonds is 1. The van der Waals surface area contributed by atoms with Crippen molar-refractivity contribution in [2.24, 2.45) is 11.8 Å². The first-order valence-corrected chi connectivity index (χ1v) is 10.7. The SMILES string of the molecule is Cc1ccc(N2C(=O)C3C4c5ccccc5C(c5ccccc54)C3C2=O)cc1Br. The number of benzene rings is 3. The molecule has 3 aromatic carbocycles. The molecule has 0 aromatic heterocycles. The second kappa shape index (κ2) is 5.90. The van der Waals surface area contributed by atoms with Crippen molar-refractivity contribution < 1.29 is 9.59 Å². The highest BCUT2D eigenvalue weighted by Gasteiger charge is 2.61. The van der Waals surface area contributed by atoms with E-state index in [1.54, 1.807) is 0 Å². The predicted octanol–water partition coefficient (Wildman–Crippen LogP) is 5.15. The lowest BCUT2D eigenvalue weighted by Gasteiger charge is -2.45. The molecule has 2 amide bonds. The average Bonchev–Trinajstić information content (AvgIpc) is 3.01. The van der Waals surface area contributed by atoms with Gasteiger partial charge in [-0.3, -0.25) is 9.59 Å². The molecule has 2 bridgehead atoms. The van der Waals surface area contributed by atoms with Crippen LogP contribution in [0.2, 0.25) is 0 Å². The zero-order chi connectivity index (χ0) is 19.9. The van der Waals surface area contributed by atoms with Gasteiger partial charge in [0.1, 0.15) is 0 Å². The lowest BCUT2D eigenvalue weighted by Crippen LogP contribution is -2.41. The monoisotopic (exact) mass is 443 g/mol. The van der Waals surface area contributed by atoms with Crippen LogP contribution in [0.3, 0.4) is 0 Å². The standard InChI is InChI=1S/C25H18BrNO2/c1-13-10-11-14(12-19(13)26)27-24(28)22-20-15-6-2-3-7-16(15)21(23(22)25(27)29)18-9-5-4-8-17(18)20/h2-12,20-23H,1H3. The number of halogens is 1. The van der Waals surface area contributed by atoms with Crippen molar-refractivity contribution in [1.82, 2.24) is 0 Å². The zero-order valence-electron chi connectivity index (χ0n) is 15.8. The van der Waals surface area contributed by atoms with Crippen molar-refractivity contribution in [3.63, 3.8) is 0 Å². The Morgan fingerprint density at radius 1 is 0.724 bits per heavy atom. The molecule has 7 rings (SSSR count). The number of carbonyl (C=O) groups is 2. The van der Waals surface area contributed by atoms with E-state index in [1.165, 1.54) is 27.2 Å². The third kappa shape index (κ3) is 2.13. The van der Waals surface area contributed by atoms with Gasteiger partial charge in [0.2, 0.25) is 11.8 Å². The molecule has 3 aromatic rings. The van der Waals surface area contributed by atoms with Crippen LogP contribution in [-0.2, 0) is 9.59 Å². The summed E-state index contributed by atoms with van der Waals surface area (Å²) in [6.07, 6.45) is 0. The Labute approximate surface area is 177 Å². The fraction of sp³-hybridized carbons (Fsp3) is 0.200. The molecule has 0 spiro atoms. The van der Waals surface area contributed by atoms with Gasteiger partial charge in [0, 0.05) is 16.3 Å². The van der Waals surface area contributed by atoms with Gasteiger partial charge in [-0.05, 0) is 46.9 Å². The third-order valence-electron chi connectivity index (χ3n) is 6.86. The molecule has 1 heterocycles. The molecule has 3 aliphatic carbocycles. The number of amides is 2. The Bertz CT molecular complexity index is 1100. The van der Waals surface area contributed by atoms with E-state index in [0.717, 1.165) is 10.0 Å². The van der Waals surface area contributed by atoms with Crippen LogP contribution in [0.4, 0.5) is 5.69 Å². The molecular weight excluding hydrogens is 426 g/mol. The number of nitrogens with zero attached hydrogens (tertiary/aromatic N) is 1. The van der Waals surface area contributed by atoms with Crippen LogP contribution in [0, 0.1) is 18.8 Å². The molecular formula is C25H18BrNO2. The minimum atomic E-state index is -0.336. The maximum absolute atomic E-state index is 13.6. The molecule has 2 atom stereocenters. The fourth-order valence-corrected chi connectivity index (χ4v) is 6.02. The van der Waals surface area contributed by atoms with E-state index in [0.29, 0.717) is 5.69 Å². The van der Waals surface area contributed by atoms with E-state index in [4.69, 9.17) is 0 Å². The lowest BCUT2D eigenvalue weighted by molar-refractivity contribution is -0.122. The summed E-state index contributed by atoms with van der Waals surface area (Å²) in [6, 6.07) is 22.3. The highest BCUT2D eigenvalue weighted by Crippen LogP contribution is 2.61. The Morgan fingerprint density at radius 2 is 1.17 bits per heavy atom. The van der Waals surface area contributed by atoms with Gasteiger partial charge in [0.05, 0.1) is 17.5 Å². The summed E-state index contributed by atoms with van der Waals surface area (Å²) in [5.74, 6) is -0.945. The topological polar surface area (TPSA) is 37.4 Å². The van der Waals surface area contributed by atoms with E-state index < -0.39 is 0 Å². The molecule has 1 fully saturated rings. The van der Waals surface area contributed by atoms with E-state index >= 15 is 0 Å². The number of carbonyl (C=O) groups excluding carboxylic acids is 2. The summed E-state index contributed by atoms with van der Waals surface area (Å²) in [4.78, 5) is 28.7. The first-order chi connectivity index (χ1) is 14.1. The van der Waals surface area contributed by atoms with Gasteiger partial charge < -0.3 is 0 Å². The van der Waals surface area contributed by atoms with Gasteiger partial charge in [-0.2, -0.15) is 0 Å². The summed E-state index contributed by atoms with van der Waals surface area (Å²) >= 11 is 3.54. The second-order valence-corrected chi connectivity index (χ2v) is 9.06. The molecule has 0 N–H and O–H groups in total. The van der Waals surface area contributed by atoms with E-state index in [9.17, 15) is 9.59 Å². The molecule has 0 saturated carbocycles. The van der Waals surface area contributed by atoms with Crippen LogP contribution >= 0.6 is 15.9 Å². The molecule has 1 saturated heterocycles. The average molecular weight is 444 g/mol. The third-order valence-corrected chi connectivity index (χ3v) is 7.72. The van der Waals surface area contributed by atoms with Crippen LogP contribution in [0.25, 0.3) is 0 Å². The van der Waals surface area contributed by atoms with Gasteiger partial charge in [-0.25, -0.2) is 4.90 Å². The summed E-state index contributed by atoms with van der Waals surface area (Å²) in [5, 5.41) is 0. The molecule has 4 heteroatoms. The highest BCUT2D eigenvalue weighted by atomic mass is 79.9. The van der Waals surface area contributed by atoms with Gasteiger partial charge in [0.15, 0.2) is 0 Å². The fourth-order valence-electron chi connectivity index (χ4n) is 5.65. The maximum Gasteiger partial charge on any atom is 0.238 e. The van der Waals surface area contributed by atoms with Gasteiger partial charge in [-0.15, -0.1) is 0 Å². The van der Waals surface area contributed by atoms with E-state index in [-0.39, 0.29) is 35.5 Å². The molecule has 2 unspecified atom stereocenters. The Balaban J connectivity index is 1.56. The maximum atomic E-state index is 13.6. The minimum absolute atomic E-state index is 0.0623. The molecule has 4 aliphatic rings. The Morgan fingerprint density at radius 3 is 1.59 bits per heavy atom. The summed E-state index contributed by atoms with van der Waals surface area (Å²) in [7, 11) is 0. The summed E-state index contributed by atoms with van der Waals surface area (Å²) in [6.45, 7) is 1.99. The van der Waals surface area contributed by atoms with Crippen LogP contribution in [0.1, 0.15) is 39.7 Å². The van der Waals surface area contributed by atoms with Gasteiger partial charge >= 0.3 is 0 Å². The van der Waals surface area contributed by atoms with Crippen LogP contribution in [0.15, 0.2) is 71.2 Å². The van der Waals surface area contributed by atoms with Crippen molar-refractivity contribution in [1.29, 1.82) is 0 Å². The van der Waals surface area contributed by atoms with Gasteiger partial charge in [-0.1, -0.05) is 70.5 Å². The van der Waals surface area contributed by atoms with Crippen molar-refractivity contribution in [2.75, 3.05) is 4.90 Å². The molecule has 1 aliphatic heterocycles. The Kier molecular flexibility index (Phi) is 3.49. The molecule has 142 valence electrons. The predicted molar refractivity (Wildman–Crippen MR) is 115 cm³/mol.